The van der Waals surface area contributed by atoms with Gasteiger partial charge in [0.2, 0.25) is 0 Å². The zero-order valence-electron chi connectivity index (χ0n) is 23.3. The predicted molar refractivity (Wildman–Crippen MR) is 141 cm³/mol. The largest absolute Gasteiger partial charge is 0.490 e. The summed E-state index contributed by atoms with van der Waals surface area (Å²) in [6, 6.07) is 5.27. The van der Waals surface area contributed by atoms with Crippen LogP contribution in [0.1, 0.15) is 84.0 Å². The van der Waals surface area contributed by atoms with Crippen LogP contribution in [0.5, 0.6) is 11.5 Å². The second-order valence-corrected chi connectivity index (χ2v) is 10.6. The van der Waals surface area contributed by atoms with Gasteiger partial charge in [0.05, 0.1) is 19.3 Å². The second-order valence-electron chi connectivity index (χ2n) is 10.6. The molecular formula is C28H46N2O6. The van der Waals surface area contributed by atoms with Gasteiger partial charge < -0.3 is 28.7 Å². The molecule has 0 aromatic heterocycles. The van der Waals surface area contributed by atoms with E-state index in [1.807, 2.05) is 45.6 Å². The van der Waals surface area contributed by atoms with Crippen molar-refractivity contribution in [1.29, 1.82) is 0 Å². The van der Waals surface area contributed by atoms with E-state index in [9.17, 15) is 9.59 Å². The number of amides is 2. The highest BCUT2D eigenvalue weighted by atomic mass is 16.6. The van der Waals surface area contributed by atoms with Gasteiger partial charge in [-0.1, -0.05) is 13.3 Å². The van der Waals surface area contributed by atoms with Crippen LogP contribution in [0.2, 0.25) is 0 Å². The molecule has 204 valence electrons. The third-order valence-electron chi connectivity index (χ3n) is 5.93. The molecule has 0 radical (unpaired) electrons. The van der Waals surface area contributed by atoms with Crippen molar-refractivity contribution in [2.75, 3.05) is 40.0 Å². The van der Waals surface area contributed by atoms with Crippen molar-refractivity contribution in [3.05, 3.63) is 23.8 Å². The minimum absolute atomic E-state index is 0.0346. The van der Waals surface area contributed by atoms with Gasteiger partial charge >= 0.3 is 6.09 Å². The first kappa shape index (κ1) is 29.7. The fraction of sp³-hybridized carbons (Fsp3) is 0.714. The first-order valence-corrected chi connectivity index (χ1v) is 13.3. The van der Waals surface area contributed by atoms with E-state index < -0.39 is 5.60 Å². The van der Waals surface area contributed by atoms with E-state index in [0.29, 0.717) is 50.0 Å². The van der Waals surface area contributed by atoms with Crippen LogP contribution in [0.15, 0.2) is 18.2 Å². The number of piperidine rings is 1. The molecule has 8 nitrogen and oxygen atoms in total. The molecule has 1 aliphatic rings. The van der Waals surface area contributed by atoms with Crippen LogP contribution < -0.4 is 9.47 Å². The fourth-order valence-corrected chi connectivity index (χ4v) is 4.23. The summed E-state index contributed by atoms with van der Waals surface area (Å²) in [5.41, 5.74) is -0.0132. The predicted octanol–water partition coefficient (Wildman–Crippen LogP) is 5.53. The Morgan fingerprint density at radius 1 is 1.08 bits per heavy atom. The van der Waals surface area contributed by atoms with Crippen molar-refractivity contribution < 1.29 is 28.5 Å². The Labute approximate surface area is 217 Å². The molecule has 2 rings (SSSR count). The minimum atomic E-state index is -0.557. The average molecular weight is 507 g/mol. The number of hydrogen-bond donors (Lipinski definition) is 0. The molecule has 0 spiro atoms. The van der Waals surface area contributed by atoms with Gasteiger partial charge in [0.1, 0.15) is 5.60 Å². The molecule has 8 heteroatoms. The molecular weight excluding hydrogens is 460 g/mol. The highest BCUT2D eigenvalue weighted by Crippen LogP contribution is 2.31. The molecule has 1 aliphatic heterocycles. The van der Waals surface area contributed by atoms with Crippen molar-refractivity contribution in [2.45, 2.75) is 91.3 Å². The summed E-state index contributed by atoms with van der Waals surface area (Å²) in [6.07, 6.45) is 4.04. The second kappa shape index (κ2) is 14.3. The molecule has 0 saturated carbocycles. The monoisotopic (exact) mass is 506 g/mol. The summed E-state index contributed by atoms with van der Waals surface area (Å²) in [4.78, 5) is 30.1. The van der Waals surface area contributed by atoms with Gasteiger partial charge in [-0.25, -0.2) is 4.79 Å². The van der Waals surface area contributed by atoms with Gasteiger partial charge in [-0.3, -0.25) is 4.79 Å². The number of methoxy groups -OCH3 is 1. The lowest BCUT2D eigenvalue weighted by molar-refractivity contribution is 0.00751. The van der Waals surface area contributed by atoms with Gasteiger partial charge in [0.15, 0.2) is 11.5 Å². The Morgan fingerprint density at radius 2 is 1.78 bits per heavy atom. The van der Waals surface area contributed by atoms with Gasteiger partial charge in [-0.2, -0.15) is 0 Å². The van der Waals surface area contributed by atoms with E-state index in [0.717, 1.165) is 32.1 Å². The molecule has 1 aromatic rings. The van der Waals surface area contributed by atoms with Crippen LogP contribution in [0.25, 0.3) is 0 Å². The Bertz CT molecular complexity index is 836. The Balaban J connectivity index is 2.22. The Morgan fingerprint density at radius 3 is 2.42 bits per heavy atom. The van der Waals surface area contributed by atoms with E-state index in [4.69, 9.17) is 18.9 Å². The molecule has 1 heterocycles. The van der Waals surface area contributed by atoms with Crippen molar-refractivity contribution in [2.24, 2.45) is 0 Å². The summed E-state index contributed by atoms with van der Waals surface area (Å²) in [5.74, 6) is 1.13. The van der Waals surface area contributed by atoms with Gasteiger partial charge in [-0.15, -0.1) is 0 Å². The molecule has 36 heavy (non-hydrogen) atoms. The van der Waals surface area contributed by atoms with E-state index in [1.165, 1.54) is 0 Å². The number of likely N-dealkylation sites (tertiary alicyclic amines) is 1. The maximum atomic E-state index is 13.8. The standard InChI is InChI=1S/C28H46N2O6/c1-8-9-17-34-24-14-13-22(19-25(24)35-18-11-16-33-7)26(31)30(21(2)3)23-12-10-15-29(20-23)27(32)36-28(4,5)6/h13-14,19,21,23H,8-12,15-18,20H2,1-7H3/t23-/m1/s1. The third-order valence-corrected chi connectivity index (χ3v) is 5.93. The van der Waals surface area contributed by atoms with Crippen LogP contribution >= 0.6 is 0 Å². The number of carbonyl (C=O) groups excluding carboxylic acids is 2. The lowest BCUT2D eigenvalue weighted by atomic mass is 10.0. The Kier molecular flexibility index (Phi) is 11.8. The summed E-state index contributed by atoms with van der Waals surface area (Å²) in [5, 5.41) is 0. The van der Waals surface area contributed by atoms with E-state index in [-0.39, 0.29) is 24.1 Å². The molecule has 0 aliphatic carbocycles. The summed E-state index contributed by atoms with van der Waals surface area (Å²) < 4.78 is 22.6. The first-order chi connectivity index (χ1) is 17.1. The smallest absolute Gasteiger partial charge is 0.410 e. The number of unbranched alkanes of at least 4 members (excludes halogenated alkanes) is 1. The normalized spacial score (nSPS) is 16.1. The van der Waals surface area contributed by atoms with Gasteiger partial charge in [-0.05, 0) is 72.1 Å². The van der Waals surface area contributed by atoms with Gasteiger partial charge in [0.25, 0.3) is 5.91 Å². The molecule has 0 N–H and O–H groups in total. The molecule has 0 unspecified atom stereocenters. The first-order valence-electron chi connectivity index (χ1n) is 13.3. The highest BCUT2D eigenvalue weighted by Gasteiger charge is 2.34. The highest BCUT2D eigenvalue weighted by molar-refractivity contribution is 5.95. The zero-order valence-corrected chi connectivity index (χ0v) is 23.3. The van der Waals surface area contributed by atoms with Crippen LogP contribution in [0, 0.1) is 0 Å². The van der Waals surface area contributed by atoms with Crippen molar-refractivity contribution in [3.8, 4) is 11.5 Å². The van der Waals surface area contributed by atoms with Gasteiger partial charge in [0, 0.05) is 44.8 Å². The van der Waals surface area contributed by atoms with Crippen LogP contribution in [0.3, 0.4) is 0 Å². The Hall–Kier alpha value is -2.48. The fourth-order valence-electron chi connectivity index (χ4n) is 4.23. The molecule has 0 bridgehead atoms. The number of rotatable bonds is 12. The summed E-state index contributed by atoms with van der Waals surface area (Å²) in [6.45, 7) is 14.5. The molecule has 1 atom stereocenters. The number of hydrogen-bond acceptors (Lipinski definition) is 6. The van der Waals surface area contributed by atoms with E-state index in [1.54, 1.807) is 24.1 Å². The molecule has 1 saturated heterocycles. The lowest BCUT2D eigenvalue weighted by Crippen LogP contribution is -2.54. The number of carbonyl (C=O) groups is 2. The third kappa shape index (κ3) is 9.19. The topological polar surface area (TPSA) is 77.5 Å². The maximum absolute atomic E-state index is 13.8. The lowest BCUT2D eigenvalue weighted by Gasteiger charge is -2.41. The SMILES string of the molecule is CCCCOc1ccc(C(=O)N(C(C)C)[C@@H]2CCCN(C(=O)OC(C)(C)C)C2)cc1OCCCOC. The van der Waals surface area contributed by atoms with E-state index in [2.05, 4.69) is 6.92 Å². The zero-order chi connectivity index (χ0) is 26.7. The summed E-state index contributed by atoms with van der Waals surface area (Å²) >= 11 is 0. The summed E-state index contributed by atoms with van der Waals surface area (Å²) in [7, 11) is 1.66. The van der Waals surface area contributed by atoms with Crippen molar-refractivity contribution in [1.82, 2.24) is 9.80 Å². The maximum Gasteiger partial charge on any atom is 0.410 e. The number of nitrogens with zero attached hydrogens (tertiary/aromatic N) is 2. The van der Waals surface area contributed by atoms with Crippen molar-refractivity contribution in [3.63, 3.8) is 0 Å². The number of benzene rings is 1. The number of ether oxygens (including phenoxy) is 4. The van der Waals surface area contributed by atoms with E-state index >= 15 is 0 Å². The quantitative estimate of drug-likeness (QED) is 0.347. The molecule has 2 amide bonds. The molecule has 1 fully saturated rings. The molecule has 1 aromatic carbocycles. The average Bonchev–Trinajstić information content (AvgIpc) is 2.81. The van der Waals surface area contributed by atoms with Crippen LogP contribution in [-0.2, 0) is 9.47 Å². The van der Waals surface area contributed by atoms with Crippen LogP contribution in [-0.4, -0.2) is 79.5 Å². The van der Waals surface area contributed by atoms with Crippen LogP contribution in [0.4, 0.5) is 4.79 Å². The van der Waals surface area contributed by atoms with Crippen molar-refractivity contribution >= 4 is 12.0 Å². The minimum Gasteiger partial charge on any atom is -0.490 e.